The molecule has 7 nitrogen and oxygen atoms in total. The predicted molar refractivity (Wildman–Crippen MR) is 114 cm³/mol. The molecule has 0 N–H and O–H groups in total. The van der Waals surface area contributed by atoms with Crippen LogP contribution in [0.25, 0.3) is 5.65 Å². The Bertz CT molecular complexity index is 1140. The maximum Gasteiger partial charge on any atom is 0.338 e. The molecule has 0 amide bonds. The van der Waals surface area contributed by atoms with E-state index >= 15 is 0 Å². The van der Waals surface area contributed by atoms with Gasteiger partial charge in [-0.05, 0) is 56.5 Å². The molecule has 1 aromatic carbocycles. The molecule has 8 heteroatoms. The van der Waals surface area contributed by atoms with E-state index in [4.69, 9.17) is 9.47 Å². The van der Waals surface area contributed by atoms with Crippen molar-refractivity contribution in [2.75, 3.05) is 6.61 Å². The van der Waals surface area contributed by atoms with Crippen LogP contribution in [0.1, 0.15) is 39.3 Å². The van der Waals surface area contributed by atoms with Crippen molar-refractivity contribution in [3.63, 3.8) is 0 Å². The maximum absolute atomic E-state index is 12.2. The number of ether oxygens (including phenoxy) is 2. The third-order valence-electron chi connectivity index (χ3n) is 4.80. The van der Waals surface area contributed by atoms with Gasteiger partial charge in [0.05, 0.1) is 29.1 Å². The lowest BCUT2D eigenvalue weighted by molar-refractivity contribution is 0.0500. The van der Waals surface area contributed by atoms with E-state index in [-0.39, 0.29) is 5.97 Å². The summed E-state index contributed by atoms with van der Waals surface area (Å²) in [6, 6.07) is 6.94. The van der Waals surface area contributed by atoms with Gasteiger partial charge in [-0.2, -0.15) is 5.10 Å². The molecule has 0 fully saturated rings. The Morgan fingerprint density at radius 2 is 2.00 bits per heavy atom. The third kappa shape index (κ3) is 4.65. The van der Waals surface area contributed by atoms with Crippen molar-refractivity contribution in [1.82, 2.24) is 19.6 Å². The first-order valence-corrected chi connectivity index (χ1v) is 10.6. The summed E-state index contributed by atoms with van der Waals surface area (Å²) in [5.74, 6) is 0.347. The van der Waals surface area contributed by atoms with Crippen LogP contribution in [0, 0.1) is 13.8 Å². The summed E-state index contributed by atoms with van der Waals surface area (Å²) in [6.45, 7) is 4.74. The molecule has 0 bridgehead atoms. The highest BCUT2D eigenvalue weighted by Crippen LogP contribution is 2.16. The number of nitrogens with zero attached hydrogens (tertiary/aromatic N) is 4. The molecule has 0 radical (unpaired) electrons. The normalized spacial score (nSPS) is 11.0. The highest BCUT2D eigenvalue weighted by Gasteiger charge is 2.09. The number of aromatic nitrogens is 4. The van der Waals surface area contributed by atoms with E-state index in [1.54, 1.807) is 29.8 Å². The monoisotopic (exact) mass is 422 g/mol. The molecule has 0 unspecified atom stereocenters. The van der Waals surface area contributed by atoms with Gasteiger partial charge in [0.1, 0.15) is 12.4 Å². The van der Waals surface area contributed by atoms with E-state index in [9.17, 15) is 4.79 Å². The average Bonchev–Trinajstić information content (AvgIpc) is 3.38. The number of benzene rings is 1. The quantitative estimate of drug-likeness (QED) is 0.313. The second-order valence-corrected chi connectivity index (χ2v) is 7.69. The van der Waals surface area contributed by atoms with Crippen LogP contribution in [-0.2, 0) is 17.8 Å². The Kier molecular flexibility index (Phi) is 6.04. The van der Waals surface area contributed by atoms with Crippen molar-refractivity contribution >= 4 is 23.0 Å². The van der Waals surface area contributed by atoms with E-state index in [2.05, 4.69) is 15.1 Å². The van der Waals surface area contributed by atoms with Crippen molar-refractivity contribution in [2.45, 2.75) is 33.3 Å². The summed E-state index contributed by atoms with van der Waals surface area (Å²) in [7, 11) is 0. The highest BCUT2D eigenvalue weighted by atomic mass is 32.1. The van der Waals surface area contributed by atoms with Crippen LogP contribution in [-0.4, -0.2) is 32.2 Å². The maximum atomic E-state index is 12.2. The average molecular weight is 423 g/mol. The summed E-state index contributed by atoms with van der Waals surface area (Å²) >= 11 is 1.53. The van der Waals surface area contributed by atoms with Gasteiger partial charge in [0, 0.05) is 23.3 Å². The molecule has 154 valence electrons. The predicted octanol–water partition coefficient (Wildman–Crippen LogP) is 4.17. The molecule has 3 heterocycles. The summed E-state index contributed by atoms with van der Waals surface area (Å²) in [5.41, 5.74) is 7.16. The minimum Gasteiger partial charge on any atom is -0.487 e. The van der Waals surface area contributed by atoms with Crippen LogP contribution in [0.2, 0.25) is 0 Å². The first-order valence-electron chi connectivity index (χ1n) is 9.67. The number of aryl methyl sites for hydroxylation is 3. The fourth-order valence-corrected chi connectivity index (χ4v) is 3.55. The number of esters is 1. The Balaban J connectivity index is 1.23. The van der Waals surface area contributed by atoms with Gasteiger partial charge in [-0.3, -0.25) is 0 Å². The van der Waals surface area contributed by atoms with Crippen LogP contribution in [0.5, 0.6) is 5.75 Å². The number of hydrogen-bond donors (Lipinski definition) is 0. The highest BCUT2D eigenvalue weighted by molar-refractivity contribution is 7.07. The molecule has 0 aliphatic heterocycles. The van der Waals surface area contributed by atoms with E-state index < -0.39 is 0 Å². The van der Waals surface area contributed by atoms with Crippen LogP contribution < -0.4 is 4.74 Å². The van der Waals surface area contributed by atoms with Crippen molar-refractivity contribution in [3.05, 3.63) is 75.6 Å². The molecular weight excluding hydrogens is 400 g/mol. The largest absolute Gasteiger partial charge is 0.487 e. The number of thiazole rings is 1. The first-order chi connectivity index (χ1) is 14.6. The molecule has 4 aromatic rings. The lowest BCUT2D eigenvalue weighted by Gasteiger charge is -2.07. The lowest BCUT2D eigenvalue weighted by atomic mass is 10.2. The molecular formula is C22H22N4O3S. The molecule has 0 atom stereocenters. The van der Waals surface area contributed by atoms with Crippen molar-refractivity contribution < 1.29 is 14.3 Å². The first kappa shape index (κ1) is 20.0. The van der Waals surface area contributed by atoms with Gasteiger partial charge >= 0.3 is 5.97 Å². The SMILES string of the molecule is Cc1nn2cc(CCCOC(=O)c3ccc(OCc4cscn4)cc3)cnc2c1C. The smallest absolute Gasteiger partial charge is 0.338 e. The summed E-state index contributed by atoms with van der Waals surface area (Å²) in [6.07, 6.45) is 5.31. The van der Waals surface area contributed by atoms with Gasteiger partial charge in [-0.15, -0.1) is 11.3 Å². The Labute approximate surface area is 178 Å². The second-order valence-electron chi connectivity index (χ2n) is 6.97. The number of rotatable bonds is 8. The topological polar surface area (TPSA) is 78.6 Å². The van der Waals surface area contributed by atoms with E-state index in [0.717, 1.165) is 34.6 Å². The zero-order valence-electron chi connectivity index (χ0n) is 16.9. The molecule has 30 heavy (non-hydrogen) atoms. The zero-order chi connectivity index (χ0) is 20.9. The van der Waals surface area contributed by atoms with Crippen LogP contribution in [0.15, 0.2) is 47.5 Å². The van der Waals surface area contributed by atoms with Crippen molar-refractivity contribution in [2.24, 2.45) is 0 Å². The summed E-state index contributed by atoms with van der Waals surface area (Å²) in [4.78, 5) is 20.9. The van der Waals surface area contributed by atoms with Crippen molar-refractivity contribution in [3.8, 4) is 5.75 Å². The fourth-order valence-electron chi connectivity index (χ4n) is 3.00. The number of fused-ring (bicyclic) bond motifs is 1. The van der Waals surface area contributed by atoms with Crippen molar-refractivity contribution in [1.29, 1.82) is 0 Å². The van der Waals surface area contributed by atoms with Gasteiger partial charge in [0.25, 0.3) is 0 Å². The number of hydrogen-bond acceptors (Lipinski definition) is 7. The summed E-state index contributed by atoms with van der Waals surface area (Å²) in [5, 5.41) is 6.40. The molecule has 0 spiro atoms. The van der Waals surface area contributed by atoms with Gasteiger partial charge in [-0.1, -0.05) is 0 Å². The van der Waals surface area contributed by atoms with Gasteiger partial charge < -0.3 is 9.47 Å². The molecule has 0 aliphatic rings. The molecule has 0 saturated carbocycles. The standard InChI is InChI=1S/C22H22N4O3S/c1-15-16(2)25-26-11-17(10-23-21(15)26)4-3-9-28-22(27)18-5-7-20(8-6-18)29-12-19-13-30-14-24-19/h5-8,10-11,13-14H,3-4,9,12H2,1-2H3. The third-order valence-corrected chi connectivity index (χ3v) is 5.43. The van der Waals surface area contributed by atoms with E-state index in [0.29, 0.717) is 30.9 Å². The van der Waals surface area contributed by atoms with E-state index in [1.165, 1.54) is 11.3 Å². The number of carbonyl (C=O) groups excluding carboxylic acids is 1. The van der Waals surface area contributed by atoms with Gasteiger partial charge in [0.15, 0.2) is 5.65 Å². The summed E-state index contributed by atoms with van der Waals surface area (Å²) < 4.78 is 12.8. The van der Waals surface area contributed by atoms with Gasteiger partial charge in [0.2, 0.25) is 0 Å². The molecule has 0 saturated heterocycles. The minimum absolute atomic E-state index is 0.340. The Hall–Kier alpha value is -3.26. The van der Waals surface area contributed by atoms with Crippen LogP contribution in [0.4, 0.5) is 0 Å². The number of carbonyl (C=O) groups is 1. The molecule has 0 aliphatic carbocycles. The Morgan fingerprint density at radius 1 is 1.17 bits per heavy atom. The Morgan fingerprint density at radius 3 is 2.77 bits per heavy atom. The molecule has 3 aromatic heterocycles. The second kappa shape index (κ2) is 9.04. The lowest BCUT2D eigenvalue weighted by Crippen LogP contribution is -2.07. The fraction of sp³-hybridized carbons (Fsp3) is 0.273. The van der Waals surface area contributed by atoms with E-state index in [1.807, 2.05) is 36.1 Å². The van der Waals surface area contributed by atoms with Crippen LogP contribution in [0.3, 0.4) is 0 Å². The van der Waals surface area contributed by atoms with Crippen LogP contribution >= 0.6 is 11.3 Å². The van der Waals surface area contributed by atoms with Gasteiger partial charge in [-0.25, -0.2) is 19.3 Å². The zero-order valence-corrected chi connectivity index (χ0v) is 17.7. The molecule has 4 rings (SSSR count). The minimum atomic E-state index is -0.340.